The highest BCUT2D eigenvalue weighted by Gasteiger charge is 2.12. The van der Waals surface area contributed by atoms with Crippen molar-refractivity contribution in [2.45, 2.75) is 12.5 Å². The number of carboxylic acid groups (broad SMARTS) is 1. The fraction of sp³-hybridized carbons (Fsp3) is 0.200. The van der Waals surface area contributed by atoms with Crippen molar-refractivity contribution in [3.05, 3.63) is 36.3 Å². The van der Waals surface area contributed by atoms with Gasteiger partial charge in [-0.15, -0.1) is 0 Å². The van der Waals surface area contributed by atoms with E-state index in [-0.39, 0.29) is 0 Å². The predicted molar refractivity (Wildman–Crippen MR) is 54.5 cm³/mol. The highest BCUT2D eigenvalue weighted by molar-refractivity contribution is 5.73. The predicted octanol–water partition coefficient (Wildman–Crippen LogP) is 0.289. The molecule has 2 heterocycles. The third-order valence-corrected chi connectivity index (χ3v) is 2.22. The number of carbonyl (C=O) groups is 1. The van der Waals surface area contributed by atoms with Gasteiger partial charge in [0.2, 0.25) is 0 Å². The van der Waals surface area contributed by atoms with Crippen molar-refractivity contribution in [2.75, 3.05) is 0 Å². The Morgan fingerprint density at radius 3 is 3.13 bits per heavy atom. The van der Waals surface area contributed by atoms with E-state index in [9.17, 15) is 4.79 Å². The number of hydrogen-bond donors (Lipinski definition) is 2. The maximum atomic E-state index is 10.6. The number of fused-ring (bicyclic) bond motifs is 1. The van der Waals surface area contributed by atoms with Crippen LogP contribution in [-0.4, -0.2) is 26.5 Å². The summed E-state index contributed by atoms with van der Waals surface area (Å²) in [7, 11) is 0. The molecule has 0 radical (unpaired) electrons. The minimum Gasteiger partial charge on any atom is -0.480 e. The van der Waals surface area contributed by atoms with Crippen LogP contribution < -0.4 is 5.73 Å². The first-order valence-corrected chi connectivity index (χ1v) is 4.57. The van der Waals surface area contributed by atoms with Gasteiger partial charge in [0.15, 0.2) is 0 Å². The van der Waals surface area contributed by atoms with Gasteiger partial charge in [-0.25, -0.2) is 4.98 Å². The molecule has 0 spiro atoms. The van der Waals surface area contributed by atoms with Gasteiger partial charge in [0, 0.05) is 18.6 Å². The Bertz CT molecular complexity index is 492. The number of nitrogens with zero attached hydrogens (tertiary/aromatic N) is 2. The molecule has 1 unspecified atom stereocenters. The summed E-state index contributed by atoms with van der Waals surface area (Å²) in [5, 5.41) is 8.67. The SMILES string of the molecule is NC(Cc1ccc2nccn2c1)C(=O)O. The number of nitrogens with two attached hydrogens (primary N) is 1. The lowest BCUT2D eigenvalue weighted by molar-refractivity contribution is -0.138. The molecule has 2 rings (SSSR count). The molecule has 0 saturated heterocycles. The Balaban J connectivity index is 2.24. The molecule has 0 bridgehead atoms. The third-order valence-electron chi connectivity index (χ3n) is 2.22. The van der Waals surface area contributed by atoms with Crippen LogP contribution in [0.15, 0.2) is 30.7 Å². The monoisotopic (exact) mass is 205 g/mol. The van der Waals surface area contributed by atoms with Crippen LogP contribution in [0.25, 0.3) is 5.65 Å². The molecular formula is C10H11N3O2. The second-order valence-electron chi connectivity index (χ2n) is 3.38. The van der Waals surface area contributed by atoms with E-state index in [1.807, 2.05) is 28.9 Å². The lowest BCUT2D eigenvalue weighted by atomic mass is 10.1. The maximum absolute atomic E-state index is 10.6. The first-order valence-electron chi connectivity index (χ1n) is 4.57. The van der Waals surface area contributed by atoms with Gasteiger partial charge in [0.05, 0.1) is 0 Å². The molecule has 0 fully saturated rings. The van der Waals surface area contributed by atoms with Crippen molar-refractivity contribution in [3.63, 3.8) is 0 Å². The van der Waals surface area contributed by atoms with E-state index >= 15 is 0 Å². The van der Waals surface area contributed by atoms with Crippen LogP contribution in [0, 0.1) is 0 Å². The van der Waals surface area contributed by atoms with E-state index in [2.05, 4.69) is 4.98 Å². The molecule has 5 heteroatoms. The van der Waals surface area contributed by atoms with Crippen molar-refractivity contribution in [2.24, 2.45) is 5.73 Å². The van der Waals surface area contributed by atoms with Gasteiger partial charge in [0.25, 0.3) is 0 Å². The van der Waals surface area contributed by atoms with Crippen molar-refractivity contribution < 1.29 is 9.90 Å². The molecule has 0 aromatic carbocycles. The first kappa shape index (κ1) is 9.67. The van der Waals surface area contributed by atoms with Crippen molar-refractivity contribution in [1.82, 2.24) is 9.38 Å². The van der Waals surface area contributed by atoms with Crippen molar-refractivity contribution in [3.8, 4) is 0 Å². The summed E-state index contributed by atoms with van der Waals surface area (Å²) < 4.78 is 1.84. The highest BCUT2D eigenvalue weighted by Crippen LogP contribution is 2.06. The fourth-order valence-electron chi connectivity index (χ4n) is 1.43. The van der Waals surface area contributed by atoms with Gasteiger partial charge >= 0.3 is 5.97 Å². The number of aromatic nitrogens is 2. The van der Waals surface area contributed by atoms with Gasteiger partial charge in [-0.05, 0) is 18.1 Å². The minimum absolute atomic E-state index is 0.323. The van der Waals surface area contributed by atoms with E-state index in [4.69, 9.17) is 10.8 Å². The Labute approximate surface area is 86.2 Å². The summed E-state index contributed by atoms with van der Waals surface area (Å²) in [4.78, 5) is 14.7. The number of aliphatic carboxylic acids is 1. The van der Waals surface area contributed by atoms with E-state index < -0.39 is 12.0 Å². The zero-order valence-electron chi connectivity index (χ0n) is 8.00. The van der Waals surface area contributed by atoms with Gasteiger partial charge in [0.1, 0.15) is 11.7 Å². The smallest absolute Gasteiger partial charge is 0.320 e. The highest BCUT2D eigenvalue weighted by atomic mass is 16.4. The van der Waals surface area contributed by atoms with Gasteiger partial charge in [-0.2, -0.15) is 0 Å². The molecule has 15 heavy (non-hydrogen) atoms. The van der Waals surface area contributed by atoms with Crippen LogP contribution in [0.4, 0.5) is 0 Å². The largest absolute Gasteiger partial charge is 0.480 e. The van der Waals surface area contributed by atoms with E-state index in [1.165, 1.54) is 0 Å². The lowest BCUT2D eigenvalue weighted by Gasteiger charge is -2.06. The number of imidazole rings is 1. The molecular weight excluding hydrogens is 194 g/mol. The number of hydrogen-bond acceptors (Lipinski definition) is 3. The topological polar surface area (TPSA) is 80.6 Å². The Kier molecular flexibility index (Phi) is 2.39. The fourth-order valence-corrected chi connectivity index (χ4v) is 1.43. The third kappa shape index (κ3) is 1.97. The van der Waals surface area contributed by atoms with Gasteiger partial charge < -0.3 is 15.2 Å². The number of pyridine rings is 1. The van der Waals surface area contributed by atoms with E-state index in [0.29, 0.717) is 6.42 Å². The maximum Gasteiger partial charge on any atom is 0.320 e. The normalized spacial score (nSPS) is 12.9. The molecule has 0 amide bonds. The quantitative estimate of drug-likeness (QED) is 0.754. The van der Waals surface area contributed by atoms with Crippen LogP contribution >= 0.6 is 0 Å². The lowest BCUT2D eigenvalue weighted by Crippen LogP contribution is -2.32. The second-order valence-corrected chi connectivity index (χ2v) is 3.38. The van der Waals surface area contributed by atoms with Gasteiger partial charge in [-0.3, -0.25) is 4.79 Å². The summed E-state index contributed by atoms with van der Waals surface area (Å²) in [5.41, 5.74) is 7.16. The molecule has 1 atom stereocenters. The van der Waals surface area contributed by atoms with E-state index in [1.54, 1.807) is 6.20 Å². The Hall–Kier alpha value is -1.88. The van der Waals surface area contributed by atoms with Crippen molar-refractivity contribution >= 4 is 11.6 Å². The summed E-state index contributed by atoms with van der Waals surface area (Å²) in [6.45, 7) is 0. The molecule has 5 nitrogen and oxygen atoms in total. The Morgan fingerprint density at radius 1 is 1.60 bits per heavy atom. The Morgan fingerprint density at radius 2 is 2.40 bits per heavy atom. The van der Waals surface area contributed by atoms with Crippen molar-refractivity contribution in [1.29, 1.82) is 0 Å². The average molecular weight is 205 g/mol. The molecule has 0 saturated carbocycles. The molecule has 0 aliphatic rings. The van der Waals surface area contributed by atoms with Gasteiger partial charge in [-0.1, -0.05) is 6.07 Å². The minimum atomic E-state index is -0.985. The number of carboxylic acids is 1. The summed E-state index contributed by atoms with van der Waals surface area (Å²) in [5.74, 6) is -0.985. The average Bonchev–Trinajstić information content (AvgIpc) is 2.64. The molecule has 78 valence electrons. The standard InChI is InChI=1S/C10H11N3O2/c11-8(10(14)15)5-7-1-2-9-12-3-4-13(9)6-7/h1-4,6,8H,5,11H2,(H,14,15). The van der Waals surface area contributed by atoms with Crippen LogP contribution in [0.5, 0.6) is 0 Å². The molecule has 0 aliphatic carbocycles. The van der Waals surface area contributed by atoms with Crippen LogP contribution in [-0.2, 0) is 11.2 Å². The zero-order chi connectivity index (χ0) is 10.8. The summed E-state index contributed by atoms with van der Waals surface area (Å²) in [6, 6.07) is 2.82. The molecule has 0 aliphatic heterocycles. The number of rotatable bonds is 3. The second kappa shape index (κ2) is 3.70. The summed E-state index contributed by atoms with van der Waals surface area (Å²) in [6.07, 6.45) is 5.66. The van der Waals surface area contributed by atoms with Crippen LogP contribution in [0.3, 0.4) is 0 Å². The van der Waals surface area contributed by atoms with Crippen LogP contribution in [0.2, 0.25) is 0 Å². The molecule has 3 N–H and O–H groups in total. The first-order chi connectivity index (χ1) is 7.16. The van der Waals surface area contributed by atoms with E-state index in [0.717, 1.165) is 11.2 Å². The summed E-state index contributed by atoms with van der Waals surface area (Å²) >= 11 is 0. The molecule has 2 aromatic rings. The zero-order valence-corrected chi connectivity index (χ0v) is 8.00. The molecule has 2 aromatic heterocycles. The van der Waals surface area contributed by atoms with Crippen LogP contribution in [0.1, 0.15) is 5.56 Å².